The molecule has 2 N–H and O–H groups in total. The lowest BCUT2D eigenvalue weighted by Crippen LogP contribution is -2.35. The van der Waals surface area contributed by atoms with Crippen LogP contribution in [0.3, 0.4) is 0 Å². The Balaban J connectivity index is 1.82. The monoisotopic (exact) mass is 393 g/mol. The molecule has 0 radical (unpaired) electrons. The number of carbonyl (C=O) groups is 2. The van der Waals surface area contributed by atoms with Crippen molar-refractivity contribution in [2.75, 3.05) is 5.32 Å². The van der Waals surface area contributed by atoms with Gasteiger partial charge in [0.05, 0.1) is 0 Å². The fourth-order valence-electron chi connectivity index (χ4n) is 3.92. The van der Waals surface area contributed by atoms with Crippen molar-refractivity contribution in [3.8, 4) is 0 Å². The van der Waals surface area contributed by atoms with Crippen LogP contribution in [0.2, 0.25) is 5.02 Å². The van der Waals surface area contributed by atoms with Crippen molar-refractivity contribution >= 4 is 29.1 Å². The van der Waals surface area contributed by atoms with Crippen molar-refractivity contribution in [1.82, 2.24) is 10.3 Å². The summed E-state index contributed by atoms with van der Waals surface area (Å²) in [6, 6.07) is 12.7. The second kappa shape index (κ2) is 7.60. The van der Waals surface area contributed by atoms with Gasteiger partial charge in [-0.3, -0.25) is 9.59 Å². The van der Waals surface area contributed by atoms with E-state index in [-0.39, 0.29) is 11.7 Å². The molecule has 0 spiro atoms. The van der Waals surface area contributed by atoms with Crippen LogP contribution in [0.5, 0.6) is 0 Å². The summed E-state index contributed by atoms with van der Waals surface area (Å²) in [5, 5.41) is 6.68. The number of Topliss-reactive ketones (excluding diaryl/α,β-unsaturated/α-hetero) is 1. The number of hydrogen-bond donors (Lipinski definition) is 2. The van der Waals surface area contributed by atoms with Crippen molar-refractivity contribution < 1.29 is 9.59 Å². The van der Waals surface area contributed by atoms with E-state index in [2.05, 4.69) is 15.6 Å². The summed E-state index contributed by atoms with van der Waals surface area (Å²) in [7, 11) is 0. The first-order valence-corrected chi connectivity index (χ1v) is 9.65. The molecule has 1 aliphatic heterocycles. The van der Waals surface area contributed by atoms with Crippen molar-refractivity contribution in [1.29, 1.82) is 0 Å². The van der Waals surface area contributed by atoms with Crippen LogP contribution >= 0.6 is 11.6 Å². The Kier molecular flexibility index (Phi) is 5.01. The van der Waals surface area contributed by atoms with Gasteiger partial charge in [-0.1, -0.05) is 35.9 Å². The predicted molar refractivity (Wildman–Crippen MR) is 109 cm³/mol. The molecule has 0 saturated heterocycles. The highest BCUT2D eigenvalue weighted by Crippen LogP contribution is 2.44. The van der Waals surface area contributed by atoms with Crippen LogP contribution < -0.4 is 10.6 Å². The molecule has 1 aliphatic carbocycles. The van der Waals surface area contributed by atoms with Crippen LogP contribution in [0.25, 0.3) is 0 Å². The molecule has 28 heavy (non-hydrogen) atoms. The number of halogens is 1. The van der Waals surface area contributed by atoms with Gasteiger partial charge in [0.25, 0.3) is 5.91 Å². The number of benzene rings is 1. The van der Waals surface area contributed by atoms with E-state index in [0.717, 1.165) is 29.8 Å². The standard InChI is InChI=1S/C22H20ClN3O2/c1-13-19(22(28)26-18-11-4-5-12-24-18)20(14-7-2-3-8-15(14)23)21-16(25-13)9-6-10-17(21)27/h2-5,7-8,11-12,20,25H,6,9-10H2,1H3,(H,24,26,28). The van der Waals surface area contributed by atoms with Crippen molar-refractivity contribution in [3.05, 3.63) is 81.8 Å². The zero-order chi connectivity index (χ0) is 19.7. The highest BCUT2D eigenvalue weighted by molar-refractivity contribution is 6.31. The predicted octanol–water partition coefficient (Wildman–Crippen LogP) is 4.34. The Morgan fingerprint density at radius 3 is 2.71 bits per heavy atom. The van der Waals surface area contributed by atoms with Crippen molar-refractivity contribution in [3.63, 3.8) is 0 Å². The fraction of sp³-hybridized carbons (Fsp3) is 0.227. The lowest BCUT2D eigenvalue weighted by molar-refractivity contribution is -0.116. The molecule has 4 rings (SSSR count). The van der Waals surface area contributed by atoms with E-state index in [1.165, 1.54) is 0 Å². The number of rotatable bonds is 3. The highest BCUT2D eigenvalue weighted by Gasteiger charge is 2.39. The third-order valence-corrected chi connectivity index (χ3v) is 5.49. The molecule has 2 heterocycles. The molecule has 0 bridgehead atoms. The van der Waals surface area contributed by atoms with Gasteiger partial charge in [0, 0.05) is 46.1 Å². The van der Waals surface area contributed by atoms with Gasteiger partial charge in [0.15, 0.2) is 5.78 Å². The molecular weight excluding hydrogens is 374 g/mol. The maximum atomic E-state index is 13.2. The summed E-state index contributed by atoms with van der Waals surface area (Å²) in [6.07, 6.45) is 3.69. The van der Waals surface area contributed by atoms with E-state index in [4.69, 9.17) is 11.6 Å². The average molecular weight is 394 g/mol. The molecule has 0 saturated carbocycles. The number of allylic oxidation sites excluding steroid dienone is 3. The smallest absolute Gasteiger partial charge is 0.255 e. The number of amides is 1. The number of nitrogens with one attached hydrogen (secondary N) is 2. The first-order valence-electron chi connectivity index (χ1n) is 9.27. The van der Waals surface area contributed by atoms with Crippen LogP contribution in [0.15, 0.2) is 71.2 Å². The van der Waals surface area contributed by atoms with E-state index in [1.54, 1.807) is 30.5 Å². The third kappa shape index (κ3) is 3.34. The number of carbonyl (C=O) groups excluding carboxylic acids is 2. The van der Waals surface area contributed by atoms with Crippen LogP contribution in [0.1, 0.15) is 37.7 Å². The summed E-state index contributed by atoms with van der Waals surface area (Å²) in [5.41, 5.74) is 3.53. The number of hydrogen-bond acceptors (Lipinski definition) is 4. The molecule has 1 atom stereocenters. The minimum atomic E-state index is -0.499. The Bertz CT molecular complexity index is 1010. The maximum absolute atomic E-state index is 13.2. The molecule has 142 valence electrons. The number of pyridine rings is 1. The Morgan fingerprint density at radius 2 is 1.96 bits per heavy atom. The van der Waals surface area contributed by atoms with Crippen LogP contribution in [-0.2, 0) is 9.59 Å². The molecule has 1 aromatic heterocycles. The normalized spacial score (nSPS) is 19.2. The topological polar surface area (TPSA) is 71.1 Å². The molecular formula is C22H20ClN3O2. The van der Waals surface area contributed by atoms with Crippen LogP contribution in [0.4, 0.5) is 5.82 Å². The van der Waals surface area contributed by atoms with Gasteiger partial charge >= 0.3 is 0 Å². The van der Waals surface area contributed by atoms with Gasteiger partial charge in [-0.25, -0.2) is 4.98 Å². The number of dihydropyridines is 1. The Hall–Kier alpha value is -2.92. The minimum Gasteiger partial charge on any atom is -0.362 e. The molecule has 6 heteroatoms. The molecule has 1 amide bonds. The SMILES string of the molecule is CC1=C(C(=O)Nc2ccccn2)C(c2ccccc2Cl)C2=C(CCCC2=O)N1. The maximum Gasteiger partial charge on any atom is 0.255 e. The zero-order valence-corrected chi connectivity index (χ0v) is 16.2. The first kappa shape index (κ1) is 18.4. The van der Waals surface area contributed by atoms with E-state index in [1.807, 2.05) is 25.1 Å². The van der Waals surface area contributed by atoms with Crippen molar-refractivity contribution in [2.24, 2.45) is 0 Å². The van der Waals surface area contributed by atoms with Gasteiger partial charge < -0.3 is 10.6 Å². The Morgan fingerprint density at radius 1 is 1.18 bits per heavy atom. The second-order valence-electron chi connectivity index (χ2n) is 6.96. The summed E-state index contributed by atoms with van der Waals surface area (Å²) >= 11 is 6.49. The van der Waals surface area contributed by atoms with Gasteiger partial charge in [0.1, 0.15) is 5.82 Å². The summed E-state index contributed by atoms with van der Waals surface area (Å²) in [5.74, 6) is -0.269. The van der Waals surface area contributed by atoms with Gasteiger partial charge in [-0.2, -0.15) is 0 Å². The van der Waals surface area contributed by atoms with Gasteiger partial charge in [0.2, 0.25) is 0 Å². The number of nitrogens with zero attached hydrogens (tertiary/aromatic N) is 1. The zero-order valence-electron chi connectivity index (χ0n) is 15.5. The molecule has 2 aliphatic rings. The highest BCUT2D eigenvalue weighted by atomic mass is 35.5. The average Bonchev–Trinajstić information content (AvgIpc) is 2.68. The molecule has 2 aromatic rings. The van der Waals surface area contributed by atoms with Gasteiger partial charge in [-0.15, -0.1) is 0 Å². The Labute approximate surface area is 168 Å². The first-order chi connectivity index (χ1) is 13.6. The molecule has 1 aromatic carbocycles. The fourth-order valence-corrected chi connectivity index (χ4v) is 4.17. The third-order valence-electron chi connectivity index (χ3n) is 5.14. The second-order valence-corrected chi connectivity index (χ2v) is 7.36. The molecule has 5 nitrogen and oxygen atoms in total. The summed E-state index contributed by atoms with van der Waals surface area (Å²) < 4.78 is 0. The van der Waals surface area contributed by atoms with Crippen molar-refractivity contribution in [2.45, 2.75) is 32.1 Å². The van der Waals surface area contributed by atoms with E-state index < -0.39 is 5.92 Å². The number of anilines is 1. The van der Waals surface area contributed by atoms with E-state index in [9.17, 15) is 9.59 Å². The summed E-state index contributed by atoms with van der Waals surface area (Å²) in [4.78, 5) is 30.2. The lowest BCUT2D eigenvalue weighted by Gasteiger charge is -2.34. The van der Waals surface area contributed by atoms with Gasteiger partial charge in [-0.05, 0) is 43.5 Å². The van der Waals surface area contributed by atoms with Crippen LogP contribution in [-0.4, -0.2) is 16.7 Å². The summed E-state index contributed by atoms with van der Waals surface area (Å²) in [6.45, 7) is 1.86. The van der Waals surface area contributed by atoms with E-state index in [0.29, 0.717) is 28.4 Å². The van der Waals surface area contributed by atoms with E-state index >= 15 is 0 Å². The lowest BCUT2D eigenvalue weighted by atomic mass is 9.75. The molecule has 0 fully saturated rings. The molecule has 1 unspecified atom stereocenters. The number of ketones is 1. The largest absolute Gasteiger partial charge is 0.362 e. The van der Waals surface area contributed by atoms with Crippen LogP contribution in [0, 0.1) is 0 Å². The minimum absolute atomic E-state index is 0.0642. The number of aromatic nitrogens is 1. The quantitative estimate of drug-likeness (QED) is 0.813.